The zero-order valence-corrected chi connectivity index (χ0v) is 16.1. The summed E-state index contributed by atoms with van der Waals surface area (Å²) in [4.78, 5) is 6.98. The van der Waals surface area contributed by atoms with E-state index in [4.69, 9.17) is 4.74 Å². The van der Waals surface area contributed by atoms with Crippen LogP contribution in [0.4, 0.5) is 0 Å². The van der Waals surface area contributed by atoms with Crippen LogP contribution in [-0.4, -0.2) is 50.8 Å². The third-order valence-electron chi connectivity index (χ3n) is 5.27. The molecule has 2 heterocycles. The lowest BCUT2D eigenvalue weighted by atomic mass is 9.82. The van der Waals surface area contributed by atoms with Crippen LogP contribution in [0, 0.1) is 11.8 Å². The number of guanidine groups is 1. The van der Waals surface area contributed by atoms with Crippen LogP contribution in [0.2, 0.25) is 0 Å². The van der Waals surface area contributed by atoms with E-state index in [1.54, 1.807) is 0 Å². The smallest absolute Gasteiger partial charge is 0.193 e. The van der Waals surface area contributed by atoms with Crippen molar-refractivity contribution in [3.8, 4) is 0 Å². The van der Waals surface area contributed by atoms with E-state index in [1.807, 2.05) is 7.05 Å². The summed E-state index contributed by atoms with van der Waals surface area (Å²) in [6.07, 6.45) is 10.1. The van der Waals surface area contributed by atoms with Gasteiger partial charge >= 0.3 is 0 Å². The minimum atomic E-state index is 0. The Kier molecular flexibility index (Phi) is 7.47. The summed E-state index contributed by atoms with van der Waals surface area (Å²) >= 11 is 0. The Hall–Kier alpha value is -0.300. The van der Waals surface area contributed by atoms with Crippen LogP contribution in [0.1, 0.15) is 38.5 Å². The molecule has 1 saturated carbocycles. The largest absolute Gasteiger partial charge is 0.377 e. The maximum Gasteiger partial charge on any atom is 0.193 e. The highest BCUT2D eigenvalue weighted by molar-refractivity contribution is 14.0. The minimum absolute atomic E-state index is 0. The third kappa shape index (κ3) is 4.60. The molecule has 0 spiro atoms. The van der Waals surface area contributed by atoms with Gasteiger partial charge in [-0.2, -0.15) is 0 Å². The van der Waals surface area contributed by atoms with Gasteiger partial charge in [-0.05, 0) is 37.5 Å². The molecule has 2 unspecified atom stereocenters. The summed E-state index contributed by atoms with van der Waals surface area (Å²) in [6.45, 7) is 5.08. The molecule has 0 amide bonds. The average Bonchev–Trinajstić information content (AvgIpc) is 2.96. The Labute approximate surface area is 151 Å². The SMILES string of the molecule is CN=C(NCCC1=CCOCC1)N1CC2CCCCC2C1.I. The van der Waals surface area contributed by atoms with Gasteiger partial charge in [-0.3, -0.25) is 4.99 Å². The number of ether oxygens (including phenoxy) is 1. The number of hydrogen-bond acceptors (Lipinski definition) is 2. The van der Waals surface area contributed by atoms with Crippen molar-refractivity contribution in [2.24, 2.45) is 16.8 Å². The second kappa shape index (κ2) is 9.11. The summed E-state index contributed by atoms with van der Waals surface area (Å²) in [5, 5.41) is 3.56. The van der Waals surface area contributed by atoms with E-state index >= 15 is 0 Å². The molecule has 0 radical (unpaired) electrons. The molecule has 4 nitrogen and oxygen atoms in total. The molecular formula is C17H30IN3O. The molecule has 3 aliphatic rings. The monoisotopic (exact) mass is 419 g/mol. The Morgan fingerprint density at radius 3 is 2.64 bits per heavy atom. The van der Waals surface area contributed by atoms with Crippen molar-refractivity contribution in [1.29, 1.82) is 0 Å². The van der Waals surface area contributed by atoms with Crippen molar-refractivity contribution in [3.05, 3.63) is 11.6 Å². The number of halogens is 1. The number of likely N-dealkylation sites (tertiary alicyclic amines) is 1. The van der Waals surface area contributed by atoms with E-state index in [9.17, 15) is 0 Å². The lowest BCUT2D eigenvalue weighted by Gasteiger charge is -2.22. The van der Waals surface area contributed by atoms with Gasteiger partial charge in [0.15, 0.2) is 5.96 Å². The van der Waals surface area contributed by atoms with Crippen LogP contribution in [0.5, 0.6) is 0 Å². The molecule has 1 aliphatic carbocycles. The number of rotatable bonds is 3. The first-order valence-corrected chi connectivity index (χ1v) is 8.58. The molecule has 2 atom stereocenters. The van der Waals surface area contributed by atoms with Crippen LogP contribution in [0.25, 0.3) is 0 Å². The summed E-state index contributed by atoms with van der Waals surface area (Å²) in [5.41, 5.74) is 1.53. The summed E-state index contributed by atoms with van der Waals surface area (Å²) < 4.78 is 5.36. The molecule has 2 fully saturated rings. The van der Waals surface area contributed by atoms with Gasteiger partial charge in [-0.25, -0.2) is 0 Å². The van der Waals surface area contributed by atoms with Crippen LogP contribution in [0.3, 0.4) is 0 Å². The van der Waals surface area contributed by atoms with Gasteiger partial charge in [0.2, 0.25) is 0 Å². The second-order valence-corrected chi connectivity index (χ2v) is 6.62. The van der Waals surface area contributed by atoms with Gasteiger partial charge in [-0.1, -0.05) is 24.5 Å². The van der Waals surface area contributed by atoms with Crippen molar-refractivity contribution in [2.45, 2.75) is 38.5 Å². The number of nitrogens with zero attached hydrogens (tertiary/aromatic N) is 2. The standard InChI is InChI=1S/C17H29N3O.HI/c1-18-17(19-9-6-14-7-10-21-11-8-14)20-12-15-4-2-3-5-16(15)13-20;/h7,15-16H,2-6,8-13H2,1H3,(H,18,19);1H. The van der Waals surface area contributed by atoms with E-state index in [2.05, 4.69) is 21.3 Å². The summed E-state index contributed by atoms with van der Waals surface area (Å²) in [6, 6.07) is 0. The maximum absolute atomic E-state index is 5.36. The quantitative estimate of drug-likeness (QED) is 0.331. The van der Waals surface area contributed by atoms with Crippen molar-refractivity contribution in [1.82, 2.24) is 10.2 Å². The van der Waals surface area contributed by atoms with Crippen LogP contribution >= 0.6 is 24.0 Å². The minimum Gasteiger partial charge on any atom is -0.377 e. The zero-order chi connectivity index (χ0) is 14.5. The molecule has 2 aliphatic heterocycles. The Morgan fingerprint density at radius 2 is 2.05 bits per heavy atom. The van der Waals surface area contributed by atoms with Crippen molar-refractivity contribution < 1.29 is 4.74 Å². The number of nitrogens with one attached hydrogen (secondary N) is 1. The predicted octanol–water partition coefficient (Wildman–Crippen LogP) is 3.04. The average molecular weight is 419 g/mol. The maximum atomic E-state index is 5.36. The Morgan fingerprint density at radius 1 is 1.32 bits per heavy atom. The first kappa shape index (κ1) is 18.0. The number of hydrogen-bond donors (Lipinski definition) is 1. The Bertz CT molecular complexity index is 397. The highest BCUT2D eigenvalue weighted by Gasteiger charge is 2.35. The van der Waals surface area contributed by atoms with Gasteiger partial charge < -0.3 is 15.0 Å². The van der Waals surface area contributed by atoms with Gasteiger partial charge in [-0.15, -0.1) is 24.0 Å². The lowest BCUT2D eigenvalue weighted by Crippen LogP contribution is -2.40. The van der Waals surface area contributed by atoms with E-state index in [1.165, 1.54) is 44.3 Å². The highest BCUT2D eigenvalue weighted by atomic mass is 127. The molecule has 5 heteroatoms. The number of fused-ring (bicyclic) bond motifs is 1. The number of aliphatic imine (C=N–C) groups is 1. The van der Waals surface area contributed by atoms with Crippen LogP contribution in [0.15, 0.2) is 16.6 Å². The molecule has 126 valence electrons. The lowest BCUT2D eigenvalue weighted by molar-refractivity contribution is 0.153. The summed E-state index contributed by atoms with van der Waals surface area (Å²) in [5.74, 6) is 2.93. The first-order valence-electron chi connectivity index (χ1n) is 8.58. The van der Waals surface area contributed by atoms with Crippen molar-refractivity contribution in [2.75, 3.05) is 39.9 Å². The van der Waals surface area contributed by atoms with E-state index in [-0.39, 0.29) is 24.0 Å². The van der Waals surface area contributed by atoms with Crippen LogP contribution in [-0.2, 0) is 4.74 Å². The van der Waals surface area contributed by atoms with Crippen LogP contribution < -0.4 is 5.32 Å². The van der Waals surface area contributed by atoms with E-state index in [0.717, 1.165) is 50.4 Å². The van der Waals surface area contributed by atoms with Gasteiger partial charge in [0.1, 0.15) is 0 Å². The topological polar surface area (TPSA) is 36.9 Å². The normalized spacial score (nSPS) is 28.7. The first-order chi connectivity index (χ1) is 10.4. The molecule has 1 N–H and O–H groups in total. The van der Waals surface area contributed by atoms with Gasteiger partial charge in [0.05, 0.1) is 13.2 Å². The molecule has 1 saturated heterocycles. The molecular weight excluding hydrogens is 389 g/mol. The second-order valence-electron chi connectivity index (χ2n) is 6.62. The fraction of sp³-hybridized carbons (Fsp3) is 0.824. The van der Waals surface area contributed by atoms with E-state index in [0.29, 0.717) is 0 Å². The predicted molar refractivity (Wildman–Crippen MR) is 102 cm³/mol. The van der Waals surface area contributed by atoms with Crippen molar-refractivity contribution >= 4 is 29.9 Å². The van der Waals surface area contributed by atoms with Crippen molar-refractivity contribution in [3.63, 3.8) is 0 Å². The molecule has 22 heavy (non-hydrogen) atoms. The zero-order valence-electron chi connectivity index (χ0n) is 13.7. The molecule has 0 bridgehead atoms. The molecule has 0 aromatic carbocycles. The molecule has 0 aromatic heterocycles. The fourth-order valence-electron chi connectivity index (χ4n) is 4.04. The molecule has 0 aromatic rings. The molecule has 3 rings (SSSR count). The van der Waals surface area contributed by atoms with E-state index < -0.39 is 0 Å². The van der Waals surface area contributed by atoms with Gasteiger partial charge in [0.25, 0.3) is 0 Å². The highest BCUT2D eigenvalue weighted by Crippen LogP contribution is 2.35. The fourth-order valence-corrected chi connectivity index (χ4v) is 4.04. The summed E-state index contributed by atoms with van der Waals surface area (Å²) in [7, 11) is 1.91. The third-order valence-corrected chi connectivity index (χ3v) is 5.27. The van der Waals surface area contributed by atoms with Gasteiger partial charge in [0, 0.05) is 26.7 Å². The Balaban J connectivity index is 0.00000176.